The molecule has 1 rings (SSSR count). The van der Waals surface area contributed by atoms with Gasteiger partial charge in [-0.05, 0) is 12.3 Å². The third-order valence-corrected chi connectivity index (χ3v) is 3.14. The van der Waals surface area contributed by atoms with Crippen molar-refractivity contribution in [2.75, 3.05) is 6.54 Å². The van der Waals surface area contributed by atoms with E-state index in [0.29, 0.717) is 5.92 Å². The lowest BCUT2D eigenvalue weighted by Gasteiger charge is -2.12. The van der Waals surface area contributed by atoms with Crippen molar-refractivity contribution >= 4 is 23.7 Å². The van der Waals surface area contributed by atoms with E-state index in [0.717, 1.165) is 6.42 Å². The minimum Gasteiger partial charge on any atom is -0.480 e. The van der Waals surface area contributed by atoms with Crippen molar-refractivity contribution in [3.05, 3.63) is 0 Å². The summed E-state index contributed by atoms with van der Waals surface area (Å²) in [5, 5.41) is 13.6. The highest BCUT2D eigenvalue weighted by Crippen LogP contribution is 2.37. The van der Waals surface area contributed by atoms with Gasteiger partial charge < -0.3 is 21.5 Å². The van der Waals surface area contributed by atoms with Crippen LogP contribution >= 0.6 is 0 Å². The molecule has 0 heterocycles. The van der Waals surface area contributed by atoms with E-state index in [1.807, 2.05) is 6.92 Å². The van der Waals surface area contributed by atoms with Crippen LogP contribution in [0, 0.1) is 11.8 Å². The number of carbonyl (C=O) groups excluding carboxylic acids is 3. The SMILES string of the molecule is CC1CC1C(=O)NCCC(=O)NC(CC(N)=O)C(=O)O. The number of primary amides is 1. The molecule has 8 nitrogen and oxygen atoms in total. The van der Waals surface area contributed by atoms with E-state index in [1.54, 1.807) is 0 Å². The van der Waals surface area contributed by atoms with Gasteiger partial charge in [-0.3, -0.25) is 14.4 Å². The smallest absolute Gasteiger partial charge is 0.326 e. The first-order chi connectivity index (χ1) is 9.31. The molecule has 0 spiro atoms. The molecule has 0 aromatic rings. The number of nitrogens with one attached hydrogen (secondary N) is 2. The van der Waals surface area contributed by atoms with Gasteiger partial charge in [-0.25, -0.2) is 4.79 Å². The lowest BCUT2D eigenvalue weighted by molar-refractivity contribution is -0.143. The van der Waals surface area contributed by atoms with E-state index >= 15 is 0 Å². The quantitative estimate of drug-likeness (QED) is 0.434. The van der Waals surface area contributed by atoms with Crippen LogP contribution in [0.4, 0.5) is 0 Å². The summed E-state index contributed by atoms with van der Waals surface area (Å²) < 4.78 is 0. The third kappa shape index (κ3) is 5.25. The molecule has 8 heteroatoms. The summed E-state index contributed by atoms with van der Waals surface area (Å²) in [6.07, 6.45) is 0.347. The summed E-state index contributed by atoms with van der Waals surface area (Å²) in [6, 6.07) is -1.33. The molecule has 1 fully saturated rings. The minimum absolute atomic E-state index is 0.0275. The van der Waals surface area contributed by atoms with E-state index in [9.17, 15) is 19.2 Å². The summed E-state index contributed by atoms with van der Waals surface area (Å²) in [7, 11) is 0. The average Bonchev–Trinajstić information content (AvgIpc) is 3.04. The molecule has 112 valence electrons. The number of nitrogens with two attached hydrogens (primary N) is 1. The van der Waals surface area contributed by atoms with Gasteiger partial charge in [0, 0.05) is 18.9 Å². The van der Waals surface area contributed by atoms with Crippen LogP contribution < -0.4 is 16.4 Å². The maximum absolute atomic E-state index is 11.5. The average molecular weight is 285 g/mol. The number of carboxylic acids is 1. The largest absolute Gasteiger partial charge is 0.480 e. The Morgan fingerprint density at radius 1 is 1.35 bits per heavy atom. The van der Waals surface area contributed by atoms with Gasteiger partial charge in [0.2, 0.25) is 17.7 Å². The topological polar surface area (TPSA) is 139 Å². The third-order valence-electron chi connectivity index (χ3n) is 3.14. The first-order valence-electron chi connectivity index (χ1n) is 6.39. The van der Waals surface area contributed by atoms with Crippen LogP contribution in [0.15, 0.2) is 0 Å². The zero-order valence-corrected chi connectivity index (χ0v) is 11.2. The Hall–Kier alpha value is -2.12. The standard InChI is InChI=1S/C12H19N3O5/c1-6-4-7(6)11(18)14-3-2-10(17)15-8(12(19)20)5-9(13)16/h6-8H,2-5H2,1H3,(H2,13,16)(H,14,18)(H,15,17)(H,19,20). The van der Waals surface area contributed by atoms with Crippen molar-refractivity contribution in [1.29, 1.82) is 0 Å². The highest BCUT2D eigenvalue weighted by Gasteiger charge is 2.38. The van der Waals surface area contributed by atoms with Crippen molar-refractivity contribution in [2.24, 2.45) is 17.6 Å². The van der Waals surface area contributed by atoms with E-state index in [4.69, 9.17) is 10.8 Å². The Morgan fingerprint density at radius 3 is 2.40 bits per heavy atom. The van der Waals surface area contributed by atoms with E-state index in [1.165, 1.54) is 0 Å². The number of amides is 3. The molecule has 0 aromatic heterocycles. The summed E-state index contributed by atoms with van der Waals surface area (Å²) in [6.45, 7) is 2.11. The molecule has 3 atom stereocenters. The first-order valence-corrected chi connectivity index (χ1v) is 6.39. The number of aliphatic carboxylic acids is 1. The van der Waals surface area contributed by atoms with Crippen LogP contribution in [-0.2, 0) is 19.2 Å². The molecule has 1 saturated carbocycles. The Balaban J connectivity index is 2.25. The molecule has 0 aromatic carbocycles. The second-order valence-corrected chi connectivity index (χ2v) is 4.99. The molecule has 3 unspecified atom stereocenters. The van der Waals surface area contributed by atoms with Gasteiger partial charge in [0.05, 0.1) is 6.42 Å². The zero-order chi connectivity index (χ0) is 15.3. The molecule has 3 amide bonds. The fourth-order valence-corrected chi connectivity index (χ4v) is 1.79. The number of hydrogen-bond donors (Lipinski definition) is 4. The normalized spacial score (nSPS) is 21.6. The Labute approximate surface area is 116 Å². The van der Waals surface area contributed by atoms with Crippen LogP contribution in [0.25, 0.3) is 0 Å². The zero-order valence-electron chi connectivity index (χ0n) is 11.2. The molecule has 0 saturated heterocycles. The molecule has 0 radical (unpaired) electrons. The number of carbonyl (C=O) groups is 4. The molecular formula is C12H19N3O5. The lowest BCUT2D eigenvalue weighted by Crippen LogP contribution is -2.44. The fraction of sp³-hybridized carbons (Fsp3) is 0.667. The molecule has 20 heavy (non-hydrogen) atoms. The van der Waals surface area contributed by atoms with Crippen LogP contribution in [0.3, 0.4) is 0 Å². The minimum atomic E-state index is -1.33. The number of rotatable bonds is 8. The van der Waals surface area contributed by atoms with Gasteiger partial charge in [0.25, 0.3) is 0 Å². The Bertz CT molecular complexity index is 423. The molecule has 0 bridgehead atoms. The number of carboxylic acid groups (broad SMARTS) is 1. The Morgan fingerprint density at radius 2 is 1.95 bits per heavy atom. The summed E-state index contributed by atoms with van der Waals surface area (Å²) in [4.78, 5) is 44.4. The van der Waals surface area contributed by atoms with E-state index in [2.05, 4.69) is 10.6 Å². The van der Waals surface area contributed by atoms with E-state index in [-0.39, 0.29) is 24.8 Å². The fourth-order valence-electron chi connectivity index (χ4n) is 1.79. The first kappa shape index (κ1) is 15.9. The maximum Gasteiger partial charge on any atom is 0.326 e. The van der Waals surface area contributed by atoms with Crippen LogP contribution in [0.2, 0.25) is 0 Å². The van der Waals surface area contributed by atoms with E-state index < -0.39 is 30.2 Å². The molecular weight excluding hydrogens is 266 g/mol. The van der Waals surface area contributed by atoms with Crippen LogP contribution in [-0.4, -0.2) is 41.4 Å². The van der Waals surface area contributed by atoms with Gasteiger partial charge >= 0.3 is 5.97 Å². The lowest BCUT2D eigenvalue weighted by atomic mass is 10.2. The van der Waals surface area contributed by atoms with Crippen molar-refractivity contribution in [3.63, 3.8) is 0 Å². The van der Waals surface area contributed by atoms with Gasteiger partial charge in [-0.2, -0.15) is 0 Å². The molecule has 1 aliphatic carbocycles. The second kappa shape index (κ2) is 6.88. The predicted molar refractivity (Wildman–Crippen MR) is 68.3 cm³/mol. The van der Waals surface area contributed by atoms with Gasteiger partial charge in [0.15, 0.2) is 0 Å². The van der Waals surface area contributed by atoms with Crippen molar-refractivity contribution < 1.29 is 24.3 Å². The maximum atomic E-state index is 11.5. The predicted octanol–water partition coefficient (Wildman–Crippen LogP) is -1.41. The van der Waals surface area contributed by atoms with Crippen molar-refractivity contribution in [2.45, 2.75) is 32.2 Å². The van der Waals surface area contributed by atoms with Crippen LogP contribution in [0.5, 0.6) is 0 Å². The van der Waals surface area contributed by atoms with Gasteiger partial charge in [0.1, 0.15) is 6.04 Å². The number of hydrogen-bond acceptors (Lipinski definition) is 4. The molecule has 5 N–H and O–H groups in total. The highest BCUT2D eigenvalue weighted by molar-refractivity contribution is 5.88. The van der Waals surface area contributed by atoms with Gasteiger partial charge in [-0.15, -0.1) is 0 Å². The van der Waals surface area contributed by atoms with Crippen molar-refractivity contribution in [1.82, 2.24) is 10.6 Å². The summed E-state index contributed by atoms with van der Waals surface area (Å²) in [5.41, 5.74) is 4.89. The van der Waals surface area contributed by atoms with Gasteiger partial charge in [-0.1, -0.05) is 6.92 Å². The summed E-state index contributed by atoms with van der Waals surface area (Å²) in [5.74, 6) is -2.36. The second-order valence-electron chi connectivity index (χ2n) is 4.99. The summed E-state index contributed by atoms with van der Waals surface area (Å²) >= 11 is 0. The monoisotopic (exact) mass is 285 g/mol. The Kier molecular flexibility index (Phi) is 5.48. The highest BCUT2D eigenvalue weighted by atomic mass is 16.4. The molecule has 1 aliphatic rings. The molecule has 0 aliphatic heterocycles. The van der Waals surface area contributed by atoms with Crippen molar-refractivity contribution in [3.8, 4) is 0 Å². The van der Waals surface area contributed by atoms with Crippen LogP contribution in [0.1, 0.15) is 26.2 Å².